The molecule has 1 aromatic carbocycles. The third-order valence-corrected chi connectivity index (χ3v) is 6.51. The number of aryl methyl sites for hydroxylation is 1. The van der Waals surface area contributed by atoms with E-state index in [1.54, 1.807) is 6.07 Å². The van der Waals surface area contributed by atoms with E-state index in [2.05, 4.69) is 23.8 Å². The van der Waals surface area contributed by atoms with Gasteiger partial charge in [0.2, 0.25) is 0 Å². The summed E-state index contributed by atoms with van der Waals surface area (Å²) in [6.45, 7) is 4.46. The van der Waals surface area contributed by atoms with Crippen molar-refractivity contribution >= 4 is 0 Å². The molecule has 2 aromatic rings. The summed E-state index contributed by atoms with van der Waals surface area (Å²) in [4.78, 5) is 9.25. The third kappa shape index (κ3) is 6.35. The molecule has 2 nitrogen and oxygen atoms in total. The smallest absolute Gasteiger partial charge is 0.131 e. The van der Waals surface area contributed by atoms with E-state index in [4.69, 9.17) is 0 Å². The second-order valence-corrected chi connectivity index (χ2v) is 8.81. The van der Waals surface area contributed by atoms with Crippen molar-refractivity contribution in [2.75, 3.05) is 0 Å². The van der Waals surface area contributed by atoms with E-state index in [0.717, 1.165) is 35.7 Å². The fourth-order valence-corrected chi connectivity index (χ4v) is 4.61. The van der Waals surface area contributed by atoms with Crippen molar-refractivity contribution in [2.24, 2.45) is 5.92 Å². The zero-order valence-electron chi connectivity index (χ0n) is 18.3. The van der Waals surface area contributed by atoms with Crippen LogP contribution >= 0.6 is 0 Å². The molecule has 1 saturated carbocycles. The highest BCUT2D eigenvalue weighted by Gasteiger charge is 2.24. The Kier molecular flexibility index (Phi) is 8.64. The average molecular weight is 397 g/mol. The monoisotopic (exact) mass is 396 g/mol. The standard InChI is InChI=1S/C26H37FN2/c1-3-5-7-9-20-11-14-22(15-12-20)26-28-18-23(19-29-26)24-16-13-21(17-25(24)27)10-8-6-4-2/h13,16-20,22H,3-12,14-15H2,1-2H3. The first kappa shape index (κ1) is 21.9. The molecule has 0 N–H and O–H groups in total. The molecule has 1 aliphatic rings. The lowest BCUT2D eigenvalue weighted by molar-refractivity contribution is 0.297. The molecule has 0 bridgehead atoms. The molecule has 1 aliphatic carbocycles. The summed E-state index contributed by atoms with van der Waals surface area (Å²) in [5.74, 6) is 2.14. The molecule has 3 rings (SSSR count). The number of nitrogens with zero attached hydrogens (tertiary/aromatic N) is 2. The van der Waals surface area contributed by atoms with Crippen molar-refractivity contribution in [1.29, 1.82) is 0 Å². The van der Waals surface area contributed by atoms with Crippen molar-refractivity contribution < 1.29 is 4.39 Å². The molecule has 1 heterocycles. The van der Waals surface area contributed by atoms with Crippen LogP contribution in [0, 0.1) is 11.7 Å². The predicted octanol–water partition coefficient (Wildman–Crippen LogP) is 7.87. The number of unbranched alkanes of at least 4 members (excludes halogenated alkanes) is 4. The van der Waals surface area contributed by atoms with Crippen LogP contribution in [0.25, 0.3) is 11.1 Å². The van der Waals surface area contributed by atoms with Crippen LogP contribution in [0.4, 0.5) is 4.39 Å². The lowest BCUT2D eigenvalue weighted by Crippen LogP contribution is -2.15. The first-order valence-electron chi connectivity index (χ1n) is 11.8. The number of halogens is 1. The molecule has 0 saturated heterocycles. The van der Waals surface area contributed by atoms with E-state index in [1.807, 2.05) is 24.5 Å². The fraction of sp³-hybridized carbons (Fsp3) is 0.615. The molecule has 0 aliphatic heterocycles. The van der Waals surface area contributed by atoms with Gasteiger partial charge in [-0.1, -0.05) is 64.5 Å². The summed E-state index contributed by atoms with van der Waals surface area (Å²) >= 11 is 0. The van der Waals surface area contributed by atoms with Gasteiger partial charge in [-0.25, -0.2) is 14.4 Å². The minimum atomic E-state index is -0.164. The van der Waals surface area contributed by atoms with Crippen LogP contribution in [0.3, 0.4) is 0 Å². The zero-order valence-corrected chi connectivity index (χ0v) is 18.3. The van der Waals surface area contributed by atoms with Gasteiger partial charge >= 0.3 is 0 Å². The van der Waals surface area contributed by atoms with Crippen molar-refractivity contribution in [3.8, 4) is 11.1 Å². The Morgan fingerprint density at radius 1 is 0.897 bits per heavy atom. The molecule has 3 heteroatoms. The van der Waals surface area contributed by atoms with Gasteiger partial charge in [-0.15, -0.1) is 0 Å². The number of rotatable bonds is 10. The molecular formula is C26H37FN2. The van der Waals surface area contributed by atoms with Gasteiger partial charge in [0.05, 0.1) is 0 Å². The Labute approximate surface area is 176 Å². The molecule has 158 valence electrons. The maximum absolute atomic E-state index is 14.6. The number of hydrogen-bond donors (Lipinski definition) is 0. The van der Waals surface area contributed by atoms with Crippen molar-refractivity contribution in [3.63, 3.8) is 0 Å². The topological polar surface area (TPSA) is 25.8 Å². The zero-order chi connectivity index (χ0) is 20.5. The van der Waals surface area contributed by atoms with Gasteiger partial charge in [0, 0.05) is 29.4 Å². The van der Waals surface area contributed by atoms with E-state index in [-0.39, 0.29) is 5.82 Å². The first-order chi connectivity index (χ1) is 14.2. The van der Waals surface area contributed by atoms with Crippen LogP contribution in [0.1, 0.15) is 102 Å². The maximum Gasteiger partial charge on any atom is 0.131 e. The number of aromatic nitrogens is 2. The largest absolute Gasteiger partial charge is 0.240 e. The fourth-order valence-electron chi connectivity index (χ4n) is 4.61. The van der Waals surface area contributed by atoms with E-state index < -0.39 is 0 Å². The molecule has 1 aromatic heterocycles. The van der Waals surface area contributed by atoms with Gasteiger partial charge < -0.3 is 0 Å². The molecule has 0 amide bonds. The highest BCUT2D eigenvalue weighted by atomic mass is 19.1. The van der Waals surface area contributed by atoms with Gasteiger partial charge in [0.25, 0.3) is 0 Å². The Balaban J connectivity index is 1.56. The molecule has 0 unspecified atom stereocenters. The van der Waals surface area contributed by atoms with Crippen LogP contribution < -0.4 is 0 Å². The summed E-state index contributed by atoms with van der Waals surface area (Å²) in [5.41, 5.74) is 2.46. The van der Waals surface area contributed by atoms with E-state index >= 15 is 0 Å². The number of benzene rings is 1. The van der Waals surface area contributed by atoms with E-state index in [9.17, 15) is 4.39 Å². The first-order valence-corrected chi connectivity index (χ1v) is 11.8. The lowest BCUT2D eigenvalue weighted by Gasteiger charge is -2.27. The summed E-state index contributed by atoms with van der Waals surface area (Å²) in [5, 5.41) is 0. The van der Waals surface area contributed by atoms with Gasteiger partial charge in [-0.05, 0) is 56.1 Å². The Bertz CT molecular complexity index is 733. The number of hydrogen-bond acceptors (Lipinski definition) is 2. The Morgan fingerprint density at radius 3 is 2.24 bits per heavy atom. The molecular weight excluding hydrogens is 359 g/mol. The van der Waals surface area contributed by atoms with Crippen LogP contribution in [0.5, 0.6) is 0 Å². The summed E-state index contributed by atoms with van der Waals surface area (Å²) in [6.07, 6.45) is 18.5. The minimum absolute atomic E-state index is 0.164. The third-order valence-electron chi connectivity index (χ3n) is 6.51. The molecule has 0 spiro atoms. The van der Waals surface area contributed by atoms with E-state index in [1.165, 1.54) is 64.2 Å². The SMILES string of the molecule is CCCCCc1ccc(-c2cnc(C3CCC(CCCCC)CC3)nc2)c(F)c1. The van der Waals surface area contributed by atoms with Gasteiger partial charge in [0.1, 0.15) is 11.6 Å². The van der Waals surface area contributed by atoms with Crippen molar-refractivity contribution in [1.82, 2.24) is 9.97 Å². The molecule has 1 fully saturated rings. The highest BCUT2D eigenvalue weighted by molar-refractivity contribution is 5.62. The molecule has 0 atom stereocenters. The summed E-state index contributed by atoms with van der Waals surface area (Å²) < 4.78 is 14.6. The van der Waals surface area contributed by atoms with Crippen LogP contribution in [0.15, 0.2) is 30.6 Å². The average Bonchev–Trinajstić information content (AvgIpc) is 2.75. The second kappa shape index (κ2) is 11.4. The highest BCUT2D eigenvalue weighted by Crippen LogP contribution is 2.36. The van der Waals surface area contributed by atoms with Crippen LogP contribution in [-0.2, 0) is 6.42 Å². The van der Waals surface area contributed by atoms with Gasteiger partial charge in [0.15, 0.2) is 0 Å². The Morgan fingerprint density at radius 2 is 1.59 bits per heavy atom. The van der Waals surface area contributed by atoms with Gasteiger partial charge in [-0.3, -0.25) is 0 Å². The predicted molar refractivity (Wildman–Crippen MR) is 119 cm³/mol. The van der Waals surface area contributed by atoms with E-state index in [0.29, 0.717) is 11.5 Å². The van der Waals surface area contributed by atoms with Crippen molar-refractivity contribution in [3.05, 3.63) is 47.8 Å². The Hall–Kier alpha value is -1.77. The summed E-state index contributed by atoms with van der Waals surface area (Å²) in [7, 11) is 0. The maximum atomic E-state index is 14.6. The quantitative estimate of drug-likeness (QED) is 0.382. The van der Waals surface area contributed by atoms with Crippen LogP contribution in [-0.4, -0.2) is 9.97 Å². The second-order valence-electron chi connectivity index (χ2n) is 8.81. The summed E-state index contributed by atoms with van der Waals surface area (Å²) in [6, 6.07) is 5.61. The normalized spacial score (nSPS) is 19.4. The van der Waals surface area contributed by atoms with Gasteiger partial charge in [-0.2, -0.15) is 0 Å². The molecule has 0 radical (unpaired) electrons. The van der Waals surface area contributed by atoms with Crippen LogP contribution in [0.2, 0.25) is 0 Å². The molecule has 29 heavy (non-hydrogen) atoms. The minimum Gasteiger partial charge on any atom is -0.240 e. The lowest BCUT2D eigenvalue weighted by atomic mass is 9.79. The van der Waals surface area contributed by atoms with Crippen molar-refractivity contribution in [2.45, 2.75) is 96.8 Å².